The Bertz CT molecular complexity index is 1500. The number of aromatic hydroxyl groups is 1. The molecule has 1 heterocycles. The van der Waals surface area contributed by atoms with Crippen LogP contribution < -0.4 is 15.1 Å². The van der Waals surface area contributed by atoms with Gasteiger partial charge in [-0.05, 0) is 60.3 Å². The number of phenols is 1. The molecule has 5 rings (SSSR count). The highest BCUT2D eigenvalue weighted by Crippen LogP contribution is 2.28. The van der Waals surface area contributed by atoms with Crippen LogP contribution in [0.2, 0.25) is 5.02 Å². The lowest BCUT2D eigenvalue weighted by molar-refractivity contribution is 0.0955. The number of carbonyl (C=O) groups excluding carboxylic acids is 1. The van der Waals surface area contributed by atoms with Gasteiger partial charge >= 0.3 is 0 Å². The van der Waals surface area contributed by atoms with Crippen LogP contribution in [0.15, 0.2) is 84.0 Å². The zero-order valence-corrected chi connectivity index (χ0v) is 22.6. The topological polar surface area (TPSA) is 77.4 Å². The number of aryl methyl sites for hydroxylation is 1. The highest BCUT2D eigenvalue weighted by Gasteiger charge is 2.17. The Labute approximate surface area is 233 Å². The summed E-state index contributed by atoms with van der Waals surface area (Å²) in [6.45, 7) is 7.65. The van der Waals surface area contributed by atoms with E-state index in [0.717, 1.165) is 54.8 Å². The third kappa shape index (κ3) is 6.50. The van der Waals surface area contributed by atoms with Crippen molar-refractivity contribution in [1.29, 1.82) is 0 Å². The average molecular weight is 543 g/mol. The van der Waals surface area contributed by atoms with Gasteiger partial charge in [0.05, 0.1) is 11.2 Å². The number of nitrogens with one attached hydrogen (secondary N) is 1. The lowest BCUT2D eigenvalue weighted by Gasteiger charge is -2.36. The molecule has 0 radical (unpaired) electrons. The van der Waals surface area contributed by atoms with Gasteiger partial charge in [-0.3, -0.25) is 9.69 Å². The molecule has 200 valence electrons. The fourth-order valence-electron chi connectivity index (χ4n) is 4.75. The van der Waals surface area contributed by atoms with Crippen LogP contribution in [0.4, 0.5) is 5.69 Å². The van der Waals surface area contributed by atoms with Gasteiger partial charge in [-0.2, -0.15) is 5.10 Å². The molecule has 0 bridgehead atoms. The summed E-state index contributed by atoms with van der Waals surface area (Å²) in [6, 6.07) is 24.8. The maximum absolute atomic E-state index is 12.4. The van der Waals surface area contributed by atoms with Crippen LogP contribution in [0.1, 0.15) is 21.5 Å². The number of phenolic OH excluding ortho intramolecular Hbond substituents is 1. The predicted molar refractivity (Wildman–Crippen MR) is 157 cm³/mol. The number of anilines is 1. The Morgan fingerprint density at radius 1 is 1.00 bits per heavy atom. The number of amides is 1. The van der Waals surface area contributed by atoms with E-state index in [-0.39, 0.29) is 10.8 Å². The molecule has 4 aromatic carbocycles. The molecule has 1 aliphatic heterocycles. The SMILES string of the molecule is Cc1cccc(N2CCN(CCOc3ccc(/C=N/NC(=O)c4ccc(O)c(Cl)c4)c4ccccc34)CC2)c1. The molecule has 0 unspecified atom stereocenters. The molecule has 0 aromatic heterocycles. The first-order valence-electron chi connectivity index (χ1n) is 13.0. The molecule has 7 nitrogen and oxygen atoms in total. The maximum Gasteiger partial charge on any atom is 0.271 e. The van der Waals surface area contributed by atoms with Crippen molar-refractivity contribution in [3.63, 3.8) is 0 Å². The van der Waals surface area contributed by atoms with Gasteiger partial charge in [0.15, 0.2) is 0 Å². The number of carbonyl (C=O) groups is 1. The number of fused-ring (bicyclic) bond motifs is 1. The number of piperazine rings is 1. The summed E-state index contributed by atoms with van der Waals surface area (Å²) in [6.07, 6.45) is 1.61. The Hall–Kier alpha value is -4.07. The fraction of sp³-hybridized carbons (Fsp3) is 0.226. The molecule has 4 aromatic rings. The van der Waals surface area contributed by atoms with E-state index in [2.05, 4.69) is 51.5 Å². The Morgan fingerprint density at radius 3 is 2.56 bits per heavy atom. The van der Waals surface area contributed by atoms with E-state index >= 15 is 0 Å². The van der Waals surface area contributed by atoms with Gasteiger partial charge in [-0.15, -0.1) is 0 Å². The van der Waals surface area contributed by atoms with Crippen molar-refractivity contribution in [1.82, 2.24) is 10.3 Å². The quantitative estimate of drug-likeness (QED) is 0.228. The van der Waals surface area contributed by atoms with Crippen LogP contribution in [-0.4, -0.2) is 61.5 Å². The zero-order valence-electron chi connectivity index (χ0n) is 21.8. The summed E-state index contributed by atoms with van der Waals surface area (Å²) >= 11 is 5.90. The smallest absolute Gasteiger partial charge is 0.271 e. The highest BCUT2D eigenvalue weighted by atomic mass is 35.5. The van der Waals surface area contributed by atoms with Crippen LogP contribution in [0.3, 0.4) is 0 Å². The standard InChI is InChI=1S/C31H31ClN4O3/c1-22-5-4-6-25(19-22)36-15-13-35(14-16-36)17-18-39-30-12-10-24(26-7-2-3-8-27(26)30)21-33-34-31(38)23-9-11-29(37)28(32)20-23/h2-12,19-21,37H,13-18H2,1H3,(H,34,38)/b33-21+. The molecule has 0 spiro atoms. The summed E-state index contributed by atoms with van der Waals surface area (Å²) in [4.78, 5) is 17.3. The van der Waals surface area contributed by atoms with Crippen LogP contribution in [0, 0.1) is 6.92 Å². The number of ether oxygens (including phenoxy) is 1. The largest absolute Gasteiger partial charge is 0.506 e. The molecule has 1 fully saturated rings. The Morgan fingerprint density at radius 2 is 1.79 bits per heavy atom. The molecule has 8 heteroatoms. The molecule has 39 heavy (non-hydrogen) atoms. The van der Waals surface area contributed by atoms with E-state index in [1.165, 1.54) is 29.4 Å². The summed E-state index contributed by atoms with van der Waals surface area (Å²) in [7, 11) is 0. The summed E-state index contributed by atoms with van der Waals surface area (Å²) in [5, 5.41) is 15.7. The van der Waals surface area contributed by atoms with E-state index in [4.69, 9.17) is 16.3 Å². The Balaban J connectivity index is 1.17. The van der Waals surface area contributed by atoms with Gasteiger partial charge in [-0.1, -0.05) is 48.0 Å². The summed E-state index contributed by atoms with van der Waals surface area (Å²) in [5.74, 6) is 0.326. The van der Waals surface area contributed by atoms with E-state index in [0.29, 0.717) is 12.2 Å². The van der Waals surface area contributed by atoms with Crippen molar-refractivity contribution in [2.45, 2.75) is 6.92 Å². The lowest BCUT2D eigenvalue weighted by Crippen LogP contribution is -2.47. The van der Waals surface area contributed by atoms with Crippen molar-refractivity contribution in [2.75, 3.05) is 44.2 Å². The minimum Gasteiger partial charge on any atom is -0.506 e. The Kier molecular flexibility index (Phi) is 8.30. The van der Waals surface area contributed by atoms with Crippen molar-refractivity contribution < 1.29 is 14.6 Å². The molecule has 0 aliphatic carbocycles. The normalized spacial score (nSPS) is 14.2. The first-order valence-corrected chi connectivity index (χ1v) is 13.4. The second-order valence-corrected chi connectivity index (χ2v) is 9.99. The number of hydrogen-bond acceptors (Lipinski definition) is 6. The van der Waals surface area contributed by atoms with Gasteiger partial charge < -0.3 is 14.7 Å². The number of benzene rings is 4. The summed E-state index contributed by atoms with van der Waals surface area (Å²) < 4.78 is 6.22. The second-order valence-electron chi connectivity index (χ2n) is 9.58. The minimum atomic E-state index is -0.419. The molecule has 1 amide bonds. The van der Waals surface area contributed by atoms with Crippen molar-refractivity contribution >= 4 is 40.2 Å². The number of hydrazone groups is 1. The van der Waals surface area contributed by atoms with Gasteiger partial charge in [0, 0.05) is 54.9 Å². The summed E-state index contributed by atoms with van der Waals surface area (Å²) in [5.41, 5.74) is 6.26. The maximum atomic E-state index is 12.4. The molecule has 0 atom stereocenters. The first-order chi connectivity index (χ1) is 19.0. The van der Waals surface area contributed by atoms with E-state index in [1.54, 1.807) is 6.21 Å². The number of nitrogens with zero attached hydrogens (tertiary/aromatic N) is 3. The van der Waals surface area contributed by atoms with Crippen LogP contribution in [0.25, 0.3) is 10.8 Å². The van der Waals surface area contributed by atoms with Crippen LogP contribution >= 0.6 is 11.6 Å². The molecular weight excluding hydrogens is 512 g/mol. The van der Waals surface area contributed by atoms with Crippen molar-refractivity contribution in [3.05, 3.63) is 101 Å². The van der Waals surface area contributed by atoms with E-state index < -0.39 is 5.91 Å². The van der Waals surface area contributed by atoms with Gasteiger partial charge in [-0.25, -0.2) is 5.43 Å². The fourth-order valence-corrected chi connectivity index (χ4v) is 4.93. The molecular formula is C31H31ClN4O3. The molecule has 1 saturated heterocycles. The van der Waals surface area contributed by atoms with E-state index in [9.17, 15) is 9.90 Å². The van der Waals surface area contributed by atoms with Gasteiger partial charge in [0.2, 0.25) is 0 Å². The van der Waals surface area contributed by atoms with Gasteiger partial charge in [0.25, 0.3) is 5.91 Å². The van der Waals surface area contributed by atoms with Crippen LogP contribution in [0.5, 0.6) is 11.5 Å². The monoisotopic (exact) mass is 542 g/mol. The third-order valence-electron chi connectivity index (χ3n) is 6.90. The molecule has 0 saturated carbocycles. The van der Waals surface area contributed by atoms with Crippen molar-refractivity contribution in [2.24, 2.45) is 5.10 Å². The molecule has 2 N–H and O–H groups in total. The zero-order chi connectivity index (χ0) is 27.2. The first kappa shape index (κ1) is 26.5. The number of halogens is 1. The second kappa shape index (κ2) is 12.2. The molecule has 1 aliphatic rings. The van der Waals surface area contributed by atoms with Crippen molar-refractivity contribution in [3.8, 4) is 11.5 Å². The number of rotatable bonds is 8. The predicted octanol–water partition coefficient (Wildman–Crippen LogP) is 5.47. The third-order valence-corrected chi connectivity index (χ3v) is 7.20. The minimum absolute atomic E-state index is 0.0776. The highest BCUT2D eigenvalue weighted by molar-refractivity contribution is 6.32. The van der Waals surface area contributed by atoms with Gasteiger partial charge in [0.1, 0.15) is 18.1 Å². The average Bonchev–Trinajstić information content (AvgIpc) is 2.95. The lowest BCUT2D eigenvalue weighted by atomic mass is 10.0. The van der Waals surface area contributed by atoms with Crippen LogP contribution in [-0.2, 0) is 0 Å². The number of hydrogen-bond donors (Lipinski definition) is 2. The van der Waals surface area contributed by atoms with E-state index in [1.807, 2.05) is 36.4 Å².